The van der Waals surface area contributed by atoms with Crippen molar-refractivity contribution < 1.29 is 31.2 Å². The van der Waals surface area contributed by atoms with Crippen molar-refractivity contribution >= 4 is 46.0 Å². The Morgan fingerprint density at radius 1 is 0.921 bits per heavy atom. The summed E-state index contributed by atoms with van der Waals surface area (Å²) >= 11 is 6.43. The quantitative estimate of drug-likeness (QED) is 0.0817. The minimum Gasteiger partial charge on any atom is -0.455 e. The number of hydrogen-bond acceptors (Lipinski definition) is 6. The predicted octanol–water partition coefficient (Wildman–Crippen LogP) is 8.64. The van der Waals surface area contributed by atoms with Crippen molar-refractivity contribution in [1.29, 1.82) is 0 Å². The van der Waals surface area contributed by atoms with E-state index in [-0.39, 0.29) is 28.3 Å². The molecule has 0 spiro atoms. The van der Waals surface area contributed by atoms with Gasteiger partial charge in [0.2, 0.25) is 0 Å². The number of ether oxygens (including phenoxy) is 1. The summed E-state index contributed by atoms with van der Waals surface area (Å²) < 4.78 is 81.1. The summed E-state index contributed by atoms with van der Waals surface area (Å²) in [7, 11) is -1.88. The van der Waals surface area contributed by atoms with Crippen LogP contribution >= 0.6 is 40.3 Å². The molecule has 0 aliphatic carbocycles. The van der Waals surface area contributed by atoms with Crippen molar-refractivity contribution in [3.8, 4) is 22.6 Å². The molecule has 6 nitrogen and oxygen atoms in total. The number of nitrogens with one attached hydrogen (secondary N) is 2. The van der Waals surface area contributed by atoms with E-state index < -0.39 is 32.4 Å². The van der Waals surface area contributed by atoms with Crippen LogP contribution in [0.1, 0.15) is 11.7 Å². The van der Waals surface area contributed by atoms with Gasteiger partial charge in [-0.1, -0.05) is 50.1 Å². The SMILES string of the molecule is O=Nc1ccc(C(OP(NCCBr)NCCBr)C(F)(F)F)cc1Oc1ccc(-c2ccc(F)cc2)c(F)c1. The van der Waals surface area contributed by atoms with Crippen LogP contribution < -0.4 is 14.9 Å². The molecule has 0 aliphatic rings. The first-order valence-electron chi connectivity index (χ1n) is 11.0. The number of benzene rings is 3. The van der Waals surface area contributed by atoms with Crippen LogP contribution in [-0.4, -0.2) is 29.9 Å². The van der Waals surface area contributed by atoms with Gasteiger partial charge >= 0.3 is 6.18 Å². The van der Waals surface area contributed by atoms with Crippen LogP contribution in [0.3, 0.4) is 0 Å². The number of halogens is 7. The minimum absolute atomic E-state index is 0.0832. The molecule has 0 bridgehead atoms. The maximum Gasteiger partial charge on any atom is 0.419 e. The Kier molecular flexibility index (Phi) is 11.6. The number of nitroso groups, excluding NO2 is 1. The van der Waals surface area contributed by atoms with Crippen LogP contribution in [0.2, 0.25) is 0 Å². The number of nitrogens with zero attached hydrogens (tertiary/aromatic N) is 1. The van der Waals surface area contributed by atoms with Gasteiger partial charge in [0.15, 0.2) is 26.0 Å². The molecule has 3 aromatic rings. The first kappa shape index (κ1) is 30.5. The van der Waals surface area contributed by atoms with Crippen LogP contribution in [0, 0.1) is 16.5 Å². The fourth-order valence-electron chi connectivity index (χ4n) is 3.23. The maximum absolute atomic E-state index is 14.8. The molecular weight excluding hydrogens is 664 g/mol. The molecule has 38 heavy (non-hydrogen) atoms. The lowest BCUT2D eigenvalue weighted by molar-refractivity contribution is -0.196. The molecule has 3 aromatic carbocycles. The average Bonchev–Trinajstić information content (AvgIpc) is 2.88. The molecule has 204 valence electrons. The van der Waals surface area contributed by atoms with Crippen molar-refractivity contribution in [3.63, 3.8) is 0 Å². The lowest BCUT2D eigenvalue weighted by Crippen LogP contribution is -2.29. The standard InChI is InChI=1S/C24H21Br2F5N3O3P/c25-9-11-32-38(33-12-10-26)37-23(24(29,30)31)16-3-8-21(34-35)22(13-16)36-18-6-7-19(20(28)14-18)15-1-4-17(27)5-2-15/h1-8,13-14,23,32-33H,9-12H2. The Morgan fingerprint density at radius 3 is 2.13 bits per heavy atom. The summed E-state index contributed by atoms with van der Waals surface area (Å²) in [4.78, 5) is 11.3. The molecule has 2 N–H and O–H groups in total. The molecule has 0 amide bonds. The summed E-state index contributed by atoms with van der Waals surface area (Å²) in [5.74, 6) is -1.59. The highest BCUT2D eigenvalue weighted by molar-refractivity contribution is 9.09. The number of alkyl halides is 5. The van der Waals surface area contributed by atoms with Gasteiger partial charge in [-0.05, 0) is 52.7 Å². The van der Waals surface area contributed by atoms with Crippen molar-refractivity contribution in [2.45, 2.75) is 12.3 Å². The first-order valence-corrected chi connectivity index (χ1v) is 14.5. The van der Waals surface area contributed by atoms with E-state index in [0.717, 1.165) is 24.3 Å². The Morgan fingerprint density at radius 2 is 1.58 bits per heavy atom. The highest BCUT2D eigenvalue weighted by Gasteiger charge is 2.44. The zero-order valence-electron chi connectivity index (χ0n) is 19.4. The molecule has 0 fully saturated rings. The monoisotopic (exact) mass is 683 g/mol. The van der Waals surface area contributed by atoms with Gasteiger partial charge in [-0.2, -0.15) is 13.2 Å². The Bertz CT molecular complexity index is 1210. The highest BCUT2D eigenvalue weighted by atomic mass is 79.9. The molecular formula is C24H21Br2F5N3O3P. The van der Waals surface area contributed by atoms with E-state index in [1.54, 1.807) is 0 Å². The zero-order valence-corrected chi connectivity index (χ0v) is 23.5. The van der Waals surface area contributed by atoms with Gasteiger partial charge < -0.3 is 9.26 Å². The highest BCUT2D eigenvalue weighted by Crippen LogP contribution is 2.46. The third-order valence-electron chi connectivity index (χ3n) is 4.92. The molecule has 0 saturated heterocycles. The molecule has 0 saturated carbocycles. The number of rotatable bonds is 13. The van der Waals surface area contributed by atoms with Gasteiger partial charge in [0.05, 0.1) is 0 Å². The van der Waals surface area contributed by atoms with Crippen molar-refractivity contribution in [3.05, 3.63) is 82.8 Å². The zero-order chi connectivity index (χ0) is 27.7. The summed E-state index contributed by atoms with van der Waals surface area (Å²) in [6, 6.07) is 12.0. The second-order valence-electron chi connectivity index (χ2n) is 7.58. The lowest BCUT2D eigenvalue weighted by atomic mass is 10.0. The number of hydrogen-bond donors (Lipinski definition) is 2. The van der Waals surface area contributed by atoms with Crippen LogP contribution in [0.4, 0.5) is 27.6 Å². The molecule has 0 aromatic heterocycles. The largest absolute Gasteiger partial charge is 0.455 e. The van der Waals surface area contributed by atoms with Crippen LogP contribution in [0.25, 0.3) is 11.1 Å². The fourth-order valence-corrected chi connectivity index (χ4v) is 5.59. The van der Waals surface area contributed by atoms with E-state index in [0.29, 0.717) is 29.3 Å². The van der Waals surface area contributed by atoms with Gasteiger partial charge in [-0.15, -0.1) is 4.91 Å². The van der Waals surface area contributed by atoms with Crippen LogP contribution in [-0.2, 0) is 4.52 Å². The van der Waals surface area contributed by atoms with Gasteiger partial charge in [-0.25, -0.2) is 8.78 Å². The average molecular weight is 685 g/mol. The minimum atomic E-state index is -4.80. The second kappa shape index (κ2) is 14.4. The third-order valence-corrected chi connectivity index (χ3v) is 7.15. The summed E-state index contributed by atoms with van der Waals surface area (Å²) in [6.45, 7) is 0.709. The maximum atomic E-state index is 14.8. The molecule has 14 heteroatoms. The van der Waals surface area contributed by atoms with Crippen molar-refractivity contribution in [2.24, 2.45) is 5.18 Å². The van der Waals surface area contributed by atoms with E-state index >= 15 is 0 Å². The van der Waals surface area contributed by atoms with E-state index in [1.165, 1.54) is 36.4 Å². The Labute approximate surface area is 233 Å². The molecule has 3 rings (SSSR count). The smallest absolute Gasteiger partial charge is 0.419 e. The predicted molar refractivity (Wildman–Crippen MR) is 144 cm³/mol. The molecule has 1 unspecified atom stereocenters. The van der Waals surface area contributed by atoms with E-state index in [4.69, 9.17) is 9.26 Å². The first-order chi connectivity index (χ1) is 18.2. The van der Waals surface area contributed by atoms with Gasteiger partial charge in [0.25, 0.3) is 0 Å². The summed E-state index contributed by atoms with van der Waals surface area (Å²) in [5, 5.41) is 9.57. The summed E-state index contributed by atoms with van der Waals surface area (Å²) in [5.41, 5.74) is -0.0473. The fraction of sp³-hybridized carbons (Fsp3) is 0.250. The van der Waals surface area contributed by atoms with E-state index in [9.17, 15) is 26.9 Å². The van der Waals surface area contributed by atoms with Gasteiger partial charge in [0, 0.05) is 35.4 Å². The normalized spacial score (nSPS) is 12.5. The molecule has 1 atom stereocenters. The Hall–Kier alpha value is -2.02. The van der Waals surface area contributed by atoms with E-state index in [2.05, 4.69) is 47.2 Å². The molecule has 0 heterocycles. The molecule has 0 radical (unpaired) electrons. The second-order valence-corrected chi connectivity index (χ2v) is 10.6. The topological polar surface area (TPSA) is 72.0 Å². The van der Waals surface area contributed by atoms with Crippen LogP contribution in [0.15, 0.2) is 65.8 Å². The van der Waals surface area contributed by atoms with Crippen LogP contribution in [0.5, 0.6) is 11.5 Å². The van der Waals surface area contributed by atoms with Gasteiger partial charge in [-0.3, -0.25) is 10.2 Å². The lowest BCUT2D eigenvalue weighted by Gasteiger charge is -2.27. The van der Waals surface area contributed by atoms with E-state index in [1.807, 2.05) is 0 Å². The molecule has 0 aliphatic heterocycles. The summed E-state index contributed by atoms with van der Waals surface area (Å²) in [6.07, 6.45) is -7.16. The van der Waals surface area contributed by atoms with Crippen molar-refractivity contribution in [1.82, 2.24) is 10.2 Å². The third kappa shape index (κ3) is 8.49. The Balaban J connectivity index is 1.90. The van der Waals surface area contributed by atoms with Gasteiger partial charge in [0.1, 0.15) is 17.4 Å². The van der Waals surface area contributed by atoms with Crippen molar-refractivity contribution in [2.75, 3.05) is 23.7 Å².